The summed E-state index contributed by atoms with van der Waals surface area (Å²) in [7, 11) is 0. The highest BCUT2D eigenvalue weighted by atomic mass is 35.5. The zero-order valence-electron chi connectivity index (χ0n) is 10.0. The third kappa shape index (κ3) is 2.97. The van der Waals surface area contributed by atoms with Crippen LogP contribution in [0, 0.1) is 0 Å². The number of aromatic nitrogens is 1. The number of nitrogens with zero attached hydrogens (tertiary/aromatic N) is 2. The fraction of sp³-hybridized carbons (Fsp3) is 0.538. The van der Waals surface area contributed by atoms with E-state index < -0.39 is 0 Å². The topological polar surface area (TPSA) is 33.2 Å². The van der Waals surface area contributed by atoms with Gasteiger partial charge in [-0.1, -0.05) is 24.9 Å². The molecule has 2 rings (SSSR count). The van der Waals surface area contributed by atoms with Crippen molar-refractivity contribution in [1.82, 2.24) is 9.88 Å². The van der Waals surface area contributed by atoms with E-state index in [1.54, 1.807) is 18.5 Å². The minimum atomic E-state index is 0.0269. The second kappa shape index (κ2) is 5.50. The van der Waals surface area contributed by atoms with Crippen LogP contribution >= 0.6 is 11.6 Å². The van der Waals surface area contributed by atoms with Crippen LogP contribution in [0.1, 0.15) is 43.0 Å². The second-order valence-electron chi connectivity index (χ2n) is 4.44. The van der Waals surface area contributed by atoms with Crippen LogP contribution in [-0.2, 0) is 0 Å². The van der Waals surface area contributed by atoms with E-state index >= 15 is 0 Å². The number of hydrogen-bond donors (Lipinski definition) is 0. The summed E-state index contributed by atoms with van der Waals surface area (Å²) in [4.78, 5) is 18.3. The Labute approximate surface area is 107 Å². The molecule has 1 heterocycles. The maximum Gasteiger partial charge on any atom is 0.257 e. The molecule has 0 bridgehead atoms. The molecule has 1 aromatic heterocycles. The number of pyridine rings is 1. The zero-order valence-corrected chi connectivity index (χ0v) is 10.8. The number of rotatable bonds is 5. The number of unbranched alkanes of at least 4 members (excludes halogenated alkanes) is 1. The SMILES string of the molecule is CCCCN(C(=O)c1cnccc1Cl)C1CC1. The summed E-state index contributed by atoms with van der Waals surface area (Å²) in [5.74, 6) is 0.0269. The summed E-state index contributed by atoms with van der Waals surface area (Å²) in [5.41, 5.74) is 0.525. The first kappa shape index (κ1) is 12.4. The van der Waals surface area contributed by atoms with Crippen molar-refractivity contribution in [3.63, 3.8) is 0 Å². The molecule has 0 aromatic carbocycles. The number of halogens is 1. The summed E-state index contributed by atoms with van der Waals surface area (Å²) in [6, 6.07) is 2.09. The van der Waals surface area contributed by atoms with Crippen LogP contribution in [0.15, 0.2) is 18.5 Å². The van der Waals surface area contributed by atoms with E-state index in [1.807, 2.05) is 4.90 Å². The van der Waals surface area contributed by atoms with Gasteiger partial charge in [-0.15, -0.1) is 0 Å². The summed E-state index contributed by atoms with van der Waals surface area (Å²) in [5, 5.41) is 0.493. The van der Waals surface area contributed by atoms with Crippen LogP contribution in [0.2, 0.25) is 5.02 Å². The van der Waals surface area contributed by atoms with E-state index in [1.165, 1.54) is 0 Å². The lowest BCUT2D eigenvalue weighted by atomic mass is 10.2. The van der Waals surface area contributed by atoms with Crippen molar-refractivity contribution in [2.45, 2.75) is 38.6 Å². The molecule has 0 radical (unpaired) electrons. The summed E-state index contributed by atoms with van der Waals surface area (Å²) in [6.45, 7) is 2.96. The molecular formula is C13H17ClN2O. The van der Waals surface area contributed by atoms with Gasteiger partial charge in [-0.05, 0) is 25.3 Å². The predicted molar refractivity (Wildman–Crippen MR) is 68.2 cm³/mol. The van der Waals surface area contributed by atoms with E-state index in [9.17, 15) is 4.79 Å². The first-order chi connectivity index (χ1) is 8.24. The van der Waals surface area contributed by atoms with E-state index in [2.05, 4.69) is 11.9 Å². The van der Waals surface area contributed by atoms with Gasteiger partial charge in [0.05, 0.1) is 10.6 Å². The van der Waals surface area contributed by atoms with E-state index in [4.69, 9.17) is 11.6 Å². The summed E-state index contributed by atoms with van der Waals surface area (Å²) in [6.07, 6.45) is 7.54. The highest BCUT2D eigenvalue weighted by molar-refractivity contribution is 6.33. The molecule has 0 spiro atoms. The molecule has 1 fully saturated rings. The standard InChI is InChI=1S/C13H17ClN2O/c1-2-3-8-16(10-4-5-10)13(17)11-9-15-7-6-12(11)14/h6-7,9-10H,2-5,8H2,1H3. The van der Waals surface area contributed by atoms with Crippen molar-refractivity contribution in [2.75, 3.05) is 6.54 Å². The van der Waals surface area contributed by atoms with Crippen LogP contribution in [0.4, 0.5) is 0 Å². The fourth-order valence-electron chi connectivity index (χ4n) is 1.85. The lowest BCUT2D eigenvalue weighted by Gasteiger charge is -2.22. The Morgan fingerprint density at radius 2 is 2.35 bits per heavy atom. The summed E-state index contributed by atoms with van der Waals surface area (Å²) >= 11 is 6.03. The molecule has 17 heavy (non-hydrogen) atoms. The number of amides is 1. The molecule has 0 unspecified atom stereocenters. The maximum absolute atomic E-state index is 12.4. The molecule has 0 N–H and O–H groups in total. The number of hydrogen-bond acceptors (Lipinski definition) is 2. The molecule has 4 heteroatoms. The maximum atomic E-state index is 12.4. The zero-order chi connectivity index (χ0) is 12.3. The van der Waals surface area contributed by atoms with Gasteiger partial charge >= 0.3 is 0 Å². The lowest BCUT2D eigenvalue weighted by molar-refractivity contribution is 0.0740. The summed E-state index contributed by atoms with van der Waals surface area (Å²) < 4.78 is 0. The third-order valence-corrected chi connectivity index (χ3v) is 3.33. The first-order valence-electron chi connectivity index (χ1n) is 6.14. The van der Waals surface area contributed by atoms with Gasteiger partial charge in [-0.25, -0.2) is 0 Å². The monoisotopic (exact) mass is 252 g/mol. The Hall–Kier alpha value is -1.09. The smallest absolute Gasteiger partial charge is 0.257 e. The molecule has 0 saturated heterocycles. The average Bonchev–Trinajstić information content (AvgIpc) is 3.14. The Bertz CT molecular complexity index is 404. The van der Waals surface area contributed by atoms with Gasteiger partial charge in [0.2, 0.25) is 0 Å². The van der Waals surface area contributed by atoms with Crippen molar-refractivity contribution >= 4 is 17.5 Å². The minimum absolute atomic E-state index is 0.0269. The van der Waals surface area contributed by atoms with Crippen LogP contribution in [0.25, 0.3) is 0 Å². The quantitative estimate of drug-likeness (QED) is 0.807. The normalized spacial score (nSPS) is 14.7. The molecule has 1 saturated carbocycles. The Kier molecular flexibility index (Phi) is 4.00. The van der Waals surface area contributed by atoms with Crippen molar-refractivity contribution < 1.29 is 4.79 Å². The van der Waals surface area contributed by atoms with Crippen molar-refractivity contribution in [2.24, 2.45) is 0 Å². The number of carbonyl (C=O) groups is 1. The van der Waals surface area contributed by atoms with Gasteiger partial charge in [0, 0.05) is 25.0 Å². The molecular weight excluding hydrogens is 236 g/mol. The molecule has 1 aliphatic rings. The molecule has 1 amide bonds. The molecule has 1 aromatic rings. The predicted octanol–water partition coefficient (Wildman–Crippen LogP) is 3.14. The highest BCUT2D eigenvalue weighted by Crippen LogP contribution is 2.29. The highest BCUT2D eigenvalue weighted by Gasteiger charge is 2.33. The molecule has 0 aliphatic heterocycles. The van der Waals surface area contributed by atoms with Gasteiger partial charge in [-0.3, -0.25) is 9.78 Å². The number of carbonyl (C=O) groups excluding carboxylic acids is 1. The second-order valence-corrected chi connectivity index (χ2v) is 4.85. The largest absolute Gasteiger partial charge is 0.336 e. The van der Waals surface area contributed by atoms with Gasteiger partial charge in [-0.2, -0.15) is 0 Å². The molecule has 0 atom stereocenters. The average molecular weight is 253 g/mol. The van der Waals surface area contributed by atoms with E-state index in [0.29, 0.717) is 16.6 Å². The molecule has 92 valence electrons. The van der Waals surface area contributed by atoms with Crippen molar-refractivity contribution in [3.8, 4) is 0 Å². The Morgan fingerprint density at radius 3 is 2.94 bits per heavy atom. The first-order valence-corrected chi connectivity index (χ1v) is 6.52. The third-order valence-electron chi connectivity index (χ3n) is 3.00. The lowest BCUT2D eigenvalue weighted by Crippen LogP contribution is -2.34. The van der Waals surface area contributed by atoms with Crippen LogP contribution in [0.3, 0.4) is 0 Å². The fourth-order valence-corrected chi connectivity index (χ4v) is 2.04. The van der Waals surface area contributed by atoms with Crippen molar-refractivity contribution in [1.29, 1.82) is 0 Å². The van der Waals surface area contributed by atoms with Crippen LogP contribution in [0.5, 0.6) is 0 Å². The molecule has 1 aliphatic carbocycles. The van der Waals surface area contributed by atoms with Crippen molar-refractivity contribution in [3.05, 3.63) is 29.0 Å². The van der Waals surface area contributed by atoms with Gasteiger partial charge in [0.1, 0.15) is 0 Å². The van der Waals surface area contributed by atoms with Crippen LogP contribution < -0.4 is 0 Å². The van der Waals surface area contributed by atoms with Gasteiger partial charge < -0.3 is 4.90 Å². The van der Waals surface area contributed by atoms with E-state index in [0.717, 1.165) is 32.2 Å². The van der Waals surface area contributed by atoms with E-state index in [-0.39, 0.29) is 5.91 Å². The Morgan fingerprint density at radius 1 is 1.59 bits per heavy atom. The molecule has 3 nitrogen and oxygen atoms in total. The van der Waals surface area contributed by atoms with Gasteiger partial charge in [0.25, 0.3) is 5.91 Å². The Balaban J connectivity index is 2.13. The minimum Gasteiger partial charge on any atom is -0.336 e. The van der Waals surface area contributed by atoms with Gasteiger partial charge in [0.15, 0.2) is 0 Å². The van der Waals surface area contributed by atoms with Crippen LogP contribution in [-0.4, -0.2) is 28.4 Å².